The minimum atomic E-state index is -3.47. The number of nitrogens with two attached hydrogens (primary N) is 1. The van der Waals surface area contributed by atoms with Crippen LogP contribution in [0.25, 0.3) is 0 Å². The third-order valence-electron chi connectivity index (χ3n) is 4.26. The van der Waals surface area contributed by atoms with Gasteiger partial charge in [-0.2, -0.15) is 0 Å². The molecule has 2 aromatic carbocycles. The molecule has 4 nitrogen and oxygen atoms in total. The van der Waals surface area contributed by atoms with Crippen LogP contribution in [0, 0.1) is 0 Å². The molecule has 0 spiro atoms. The number of aliphatic hydroxyl groups excluding tert-OH is 1. The predicted octanol–water partition coefficient (Wildman–Crippen LogP) is 1.49. The lowest BCUT2D eigenvalue weighted by Crippen LogP contribution is -2.46. The zero-order chi connectivity index (χ0) is 15.7. The maximum Gasteiger partial charge on any atom is 0.179 e. The standard InChI is InChI=1S/C17H19NO3S/c18-16-10-12-6-4-5-9-14(12)15(17(16)19)11-22(20,21)13-7-2-1-3-8-13/h1-9,15-17,19H,10-11,18H2/t15-,16-,17-/m1/s1. The first-order chi connectivity index (χ1) is 10.5. The van der Waals surface area contributed by atoms with Crippen molar-refractivity contribution < 1.29 is 13.5 Å². The molecule has 2 aromatic rings. The Labute approximate surface area is 130 Å². The maximum atomic E-state index is 12.6. The van der Waals surface area contributed by atoms with Crippen molar-refractivity contribution in [3.8, 4) is 0 Å². The third-order valence-corrected chi connectivity index (χ3v) is 6.05. The molecule has 0 fully saturated rings. The number of aliphatic hydroxyl groups is 1. The Hall–Kier alpha value is -1.69. The Morgan fingerprint density at radius 2 is 1.68 bits per heavy atom. The van der Waals surface area contributed by atoms with Gasteiger partial charge in [0.05, 0.1) is 16.8 Å². The summed E-state index contributed by atoms with van der Waals surface area (Å²) in [6, 6.07) is 15.5. The van der Waals surface area contributed by atoms with Crippen LogP contribution in [0.1, 0.15) is 17.0 Å². The van der Waals surface area contributed by atoms with Gasteiger partial charge in [-0.3, -0.25) is 0 Å². The van der Waals surface area contributed by atoms with Gasteiger partial charge in [0, 0.05) is 12.0 Å². The molecular formula is C17H19NO3S. The summed E-state index contributed by atoms with van der Waals surface area (Å²) in [6.07, 6.45) is -0.285. The normalized spacial score (nSPS) is 24.7. The second kappa shape index (κ2) is 5.83. The van der Waals surface area contributed by atoms with Gasteiger partial charge in [-0.1, -0.05) is 42.5 Å². The van der Waals surface area contributed by atoms with E-state index in [-0.39, 0.29) is 10.6 Å². The van der Waals surface area contributed by atoms with Crippen LogP contribution in [0.2, 0.25) is 0 Å². The average molecular weight is 317 g/mol. The van der Waals surface area contributed by atoms with Crippen molar-refractivity contribution >= 4 is 9.84 Å². The van der Waals surface area contributed by atoms with Crippen LogP contribution in [0.5, 0.6) is 0 Å². The van der Waals surface area contributed by atoms with Crippen LogP contribution in [0.4, 0.5) is 0 Å². The summed E-state index contributed by atoms with van der Waals surface area (Å²) in [5.41, 5.74) is 7.90. The summed E-state index contributed by atoms with van der Waals surface area (Å²) in [4.78, 5) is 0.277. The van der Waals surface area contributed by atoms with E-state index >= 15 is 0 Å². The van der Waals surface area contributed by atoms with Crippen molar-refractivity contribution in [1.82, 2.24) is 0 Å². The fourth-order valence-corrected chi connectivity index (χ4v) is 4.70. The molecule has 1 aliphatic carbocycles. The monoisotopic (exact) mass is 317 g/mol. The maximum absolute atomic E-state index is 12.6. The lowest BCUT2D eigenvalue weighted by Gasteiger charge is -2.34. The smallest absolute Gasteiger partial charge is 0.179 e. The Morgan fingerprint density at radius 1 is 1.05 bits per heavy atom. The number of sulfone groups is 1. The second-order valence-corrected chi connectivity index (χ2v) is 7.79. The average Bonchev–Trinajstić information content (AvgIpc) is 2.52. The molecule has 0 radical (unpaired) electrons. The van der Waals surface area contributed by atoms with E-state index in [0.717, 1.165) is 11.1 Å². The zero-order valence-electron chi connectivity index (χ0n) is 12.1. The number of benzene rings is 2. The van der Waals surface area contributed by atoms with E-state index in [1.54, 1.807) is 30.3 Å². The van der Waals surface area contributed by atoms with Gasteiger partial charge in [0.15, 0.2) is 9.84 Å². The van der Waals surface area contributed by atoms with E-state index < -0.39 is 27.9 Å². The van der Waals surface area contributed by atoms with Crippen LogP contribution in [0.3, 0.4) is 0 Å². The molecule has 0 unspecified atom stereocenters. The quantitative estimate of drug-likeness (QED) is 0.899. The van der Waals surface area contributed by atoms with Crippen LogP contribution < -0.4 is 5.73 Å². The molecule has 3 N–H and O–H groups in total. The second-order valence-electron chi connectivity index (χ2n) is 5.76. The summed E-state index contributed by atoms with van der Waals surface area (Å²) >= 11 is 0. The summed E-state index contributed by atoms with van der Waals surface area (Å²) in [6.45, 7) is 0. The van der Waals surface area contributed by atoms with Gasteiger partial charge >= 0.3 is 0 Å². The van der Waals surface area contributed by atoms with Gasteiger partial charge in [0.2, 0.25) is 0 Å². The Kier molecular flexibility index (Phi) is 4.04. The number of fused-ring (bicyclic) bond motifs is 1. The van der Waals surface area contributed by atoms with E-state index in [9.17, 15) is 13.5 Å². The zero-order valence-corrected chi connectivity index (χ0v) is 12.9. The fraction of sp³-hybridized carbons (Fsp3) is 0.294. The molecule has 0 bridgehead atoms. The van der Waals surface area contributed by atoms with Crippen molar-refractivity contribution in [2.24, 2.45) is 5.73 Å². The molecule has 22 heavy (non-hydrogen) atoms. The molecule has 0 saturated carbocycles. The number of rotatable bonds is 3. The van der Waals surface area contributed by atoms with Crippen molar-refractivity contribution in [3.05, 3.63) is 65.7 Å². The first-order valence-electron chi connectivity index (χ1n) is 7.28. The van der Waals surface area contributed by atoms with Crippen molar-refractivity contribution in [2.75, 3.05) is 5.75 Å². The van der Waals surface area contributed by atoms with Crippen molar-refractivity contribution in [2.45, 2.75) is 29.4 Å². The lowest BCUT2D eigenvalue weighted by molar-refractivity contribution is 0.113. The van der Waals surface area contributed by atoms with E-state index in [2.05, 4.69) is 0 Å². The highest BCUT2D eigenvalue weighted by atomic mass is 32.2. The van der Waals surface area contributed by atoms with E-state index in [1.165, 1.54) is 0 Å². The molecule has 5 heteroatoms. The van der Waals surface area contributed by atoms with Crippen molar-refractivity contribution in [1.29, 1.82) is 0 Å². The summed E-state index contributed by atoms with van der Waals surface area (Å²) < 4.78 is 25.2. The van der Waals surface area contributed by atoms with Crippen LogP contribution >= 0.6 is 0 Å². The number of hydrogen-bond acceptors (Lipinski definition) is 4. The van der Waals surface area contributed by atoms with E-state index in [0.29, 0.717) is 6.42 Å². The van der Waals surface area contributed by atoms with Crippen LogP contribution in [-0.4, -0.2) is 31.4 Å². The van der Waals surface area contributed by atoms with E-state index in [4.69, 9.17) is 5.73 Å². The van der Waals surface area contributed by atoms with Crippen LogP contribution in [0.15, 0.2) is 59.5 Å². The summed E-state index contributed by atoms with van der Waals surface area (Å²) in [5, 5.41) is 10.4. The summed E-state index contributed by atoms with van der Waals surface area (Å²) in [7, 11) is -3.47. The molecule has 0 aromatic heterocycles. The largest absolute Gasteiger partial charge is 0.391 e. The minimum Gasteiger partial charge on any atom is -0.391 e. The summed E-state index contributed by atoms with van der Waals surface area (Å²) in [5.74, 6) is -0.631. The van der Waals surface area contributed by atoms with Crippen LogP contribution in [-0.2, 0) is 16.3 Å². The molecule has 0 heterocycles. The predicted molar refractivity (Wildman–Crippen MR) is 85.4 cm³/mol. The van der Waals surface area contributed by atoms with Gasteiger partial charge in [-0.15, -0.1) is 0 Å². The molecule has 3 rings (SSSR count). The highest BCUT2D eigenvalue weighted by Crippen LogP contribution is 2.33. The Morgan fingerprint density at radius 3 is 2.41 bits per heavy atom. The van der Waals surface area contributed by atoms with Gasteiger partial charge in [0.1, 0.15) is 0 Å². The van der Waals surface area contributed by atoms with E-state index in [1.807, 2.05) is 24.3 Å². The number of hydrogen-bond donors (Lipinski definition) is 2. The molecule has 116 valence electrons. The van der Waals surface area contributed by atoms with Gasteiger partial charge in [-0.25, -0.2) is 8.42 Å². The van der Waals surface area contributed by atoms with Crippen molar-refractivity contribution in [3.63, 3.8) is 0 Å². The molecule has 0 aliphatic heterocycles. The highest BCUT2D eigenvalue weighted by Gasteiger charge is 2.36. The fourth-order valence-electron chi connectivity index (χ4n) is 3.09. The highest BCUT2D eigenvalue weighted by molar-refractivity contribution is 7.91. The topological polar surface area (TPSA) is 80.4 Å². The minimum absolute atomic E-state index is 0.136. The first-order valence-corrected chi connectivity index (χ1v) is 8.93. The first kappa shape index (κ1) is 15.2. The Bertz CT molecular complexity index is 758. The lowest BCUT2D eigenvalue weighted by atomic mass is 9.79. The third kappa shape index (κ3) is 2.79. The van der Waals surface area contributed by atoms with Gasteiger partial charge in [0.25, 0.3) is 0 Å². The molecule has 1 aliphatic rings. The van der Waals surface area contributed by atoms with Gasteiger partial charge < -0.3 is 10.8 Å². The molecule has 3 atom stereocenters. The SMILES string of the molecule is N[C@@H]1Cc2ccccc2[C@@H](CS(=O)(=O)c2ccccc2)[C@H]1O. The van der Waals surface area contributed by atoms with Gasteiger partial charge in [-0.05, 0) is 29.7 Å². The molecular weight excluding hydrogens is 298 g/mol. The Balaban J connectivity index is 1.98. The molecule has 0 amide bonds. The molecule has 0 saturated heterocycles.